The van der Waals surface area contributed by atoms with E-state index in [0.29, 0.717) is 24.1 Å². The zero-order valence-electron chi connectivity index (χ0n) is 17.2. The molecule has 1 aliphatic carbocycles. The summed E-state index contributed by atoms with van der Waals surface area (Å²) in [6.07, 6.45) is 1.82. The van der Waals surface area contributed by atoms with Gasteiger partial charge in [0.1, 0.15) is 0 Å². The van der Waals surface area contributed by atoms with Crippen molar-refractivity contribution in [2.75, 3.05) is 12.4 Å². The number of anilines is 1. The molecule has 0 bridgehead atoms. The van der Waals surface area contributed by atoms with Gasteiger partial charge in [0.05, 0.1) is 15.5 Å². The zero-order valence-corrected chi connectivity index (χ0v) is 18.8. The van der Waals surface area contributed by atoms with Crippen molar-refractivity contribution in [2.45, 2.75) is 49.2 Å². The molecule has 0 radical (unpaired) electrons. The highest BCUT2D eigenvalue weighted by atomic mass is 35.5. The van der Waals surface area contributed by atoms with Crippen LogP contribution in [0.1, 0.15) is 47.2 Å². The maximum Gasteiger partial charge on any atom is 0.252 e. The minimum atomic E-state index is -3.93. The molecule has 0 aromatic heterocycles. The van der Waals surface area contributed by atoms with Crippen molar-refractivity contribution in [3.8, 4) is 0 Å². The molecule has 0 spiro atoms. The Morgan fingerprint density at radius 1 is 1.03 bits per heavy atom. The SMILES string of the molecule is CNC(=O)c1cc(NC(=O)C2(S(=O)(=O)c3cc(C)ccc3C)CCCC2)ccc1Cl. The average Bonchev–Trinajstić information content (AvgIpc) is 3.22. The van der Waals surface area contributed by atoms with Crippen LogP contribution in [0.4, 0.5) is 5.69 Å². The standard InChI is InChI=1S/C22H25ClN2O4S/c1-14-6-7-15(2)19(12-14)30(28,29)22(10-4-5-11-22)21(27)25-16-8-9-18(23)17(13-16)20(26)24-3/h6-9,12-13H,4-5,10-11H2,1-3H3,(H,24,26)(H,25,27). The number of nitrogens with one attached hydrogen (secondary N) is 2. The molecule has 1 aliphatic rings. The number of halogens is 1. The molecule has 1 fully saturated rings. The molecule has 0 aliphatic heterocycles. The predicted octanol–water partition coefficient (Wildman–Crippen LogP) is 4.04. The summed E-state index contributed by atoms with van der Waals surface area (Å²) < 4.78 is 25.8. The predicted molar refractivity (Wildman–Crippen MR) is 118 cm³/mol. The Balaban J connectivity index is 2.02. The van der Waals surface area contributed by atoms with Crippen molar-refractivity contribution in [3.63, 3.8) is 0 Å². The third-order valence-electron chi connectivity index (χ3n) is 5.67. The quantitative estimate of drug-likeness (QED) is 0.721. The number of rotatable bonds is 5. The van der Waals surface area contributed by atoms with Crippen LogP contribution in [0.15, 0.2) is 41.3 Å². The van der Waals surface area contributed by atoms with Crippen LogP contribution >= 0.6 is 11.6 Å². The van der Waals surface area contributed by atoms with Crippen LogP contribution in [0.25, 0.3) is 0 Å². The minimum Gasteiger partial charge on any atom is -0.355 e. The first kappa shape index (κ1) is 22.3. The summed E-state index contributed by atoms with van der Waals surface area (Å²) in [5.41, 5.74) is 1.97. The van der Waals surface area contributed by atoms with Gasteiger partial charge >= 0.3 is 0 Å². The topological polar surface area (TPSA) is 92.3 Å². The Morgan fingerprint density at radius 2 is 1.70 bits per heavy atom. The first-order chi connectivity index (χ1) is 14.1. The van der Waals surface area contributed by atoms with E-state index < -0.39 is 26.4 Å². The van der Waals surface area contributed by atoms with Crippen molar-refractivity contribution in [2.24, 2.45) is 0 Å². The summed E-state index contributed by atoms with van der Waals surface area (Å²) in [4.78, 5) is 25.6. The summed E-state index contributed by atoms with van der Waals surface area (Å²) in [7, 11) is -2.45. The van der Waals surface area contributed by atoms with Crippen molar-refractivity contribution in [3.05, 3.63) is 58.1 Å². The number of hydrogen-bond donors (Lipinski definition) is 2. The van der Waals surface area contributed by atoms with E-state index in [-0.39, 0.29) is 28.3 Å². The number of hydrogen-bond acceptors (Lipinski definition) is 4. The molecule has 6 nitrogen and oxygen atoms in total. The fourth-order valence-electron chi connectivity index (χ4n) is 3.93. The zero-order chi connectivity index (χ0) is 22.1. The van der Waals surface area contributed by atoms with Crippen LogP contribution < -0.4 is 10.6 Å². The molecular weight excluding hydrogens is 424 g/mol. The maximum absolute atomic E-state index is 13.7. The normalized spacial score (nSPS) is 15.6. The van der Waals surface area contributed by atoms with Gasteiger partial charge in [0.25, 0.3) is 5.91 Å². The van der Waals surface area contributed by atoms with Crippen LogP contribution in [0.2, 0.25) is 5.02 Å². The summed E-state index contributed by atoms with van der Waals surface area (Å²) in [5, 5.41) is 5.46. The van der Waals surface area contributed by atoms with E-state index in [4.69, 9.17) is 11.6 Å². The lowest BCUT2D eigenvalue weighted by molar-refractivity contribution is -0.118. The number of carbonyl (C=O) groups excluding carboxylic acids is 2. The van der Waals surface area contributed by atoms with E-state index in [1.807, 2.05) is 13.0 Å². The fourth-order valence-corrected chi connectivity index (χ4v) is 6.51. The fraction of sp³-hybridized carbons (Fsp3) is 0.364. The Labute approximate surface area is 181 Å². The third-order valence-corrected chi connectivity index (χ3v) is 8.64. The molecule has 1 saturated carbocycles. The van der Waals surface area contributed by atoms with E-state index in [0.717, 1.165) is 5.56 Å². The molecular formula is C22H25ClN2O4S. The lowest BCUT2D eigenvalue weighted by atomic mass is 10.1. The summed E-state index contributed by atoms with van der Waals surface area (Å²) in [5.74, 6) is -0.972. The molecule has 0 unspecified atom stereocenters. The van der Waals surface area contributed by atoms with Gasteiger partial charge in [-0.1, -0.05) is 36.6 Å². The van der Waals surface area contributed by atoms with Crippen molar-refractivity contribution in [1.82, 2.24) is 5.32 Å². The second-order valence-corrected chi connectivity index (χ2v) is 10.3. The molecule has 2 N–H and O–H groups in total. The third kappa shape index (κ3) is 3.84. The maximum atomic E-state index is 13.7. The Kier molecular flexibility index (Phi) is 6.24. The molecule has 160 valence electrons. The Bertz CT molecular complexity index is 1110. The molecule has 0 saturated heterocycles. The van der Waals surface area contributed by atoms with Crippen LogP contribution in [0.5, 0.6) is 0 Å². The number of carbonyl (C=O) groups is 2. The molecule has 30 heavy (non-hydrogen) atoms. The molecule has 2 amide bonds. The number of benzene rings is 2. The van der Waals surface area contributed by atoms with E-state index >= 15 is 0 Å². The van der Waals surface area contributed by atoms with Gasteiger partial charge in [0.15, 0.2) is 14.6 Å². The highest BCUT2D eigenvalue weighted by molar-refractivity contribution is 7.93. The van der Waals surface area contributed by atoms with Gasteiger partial charge < -0.3 is 10.6 Å². The average molecular weight is 449 g/mol. The summed E-state index contributed by atoms with van der Waals surface area (Å²) >= 11 is 6.08. The Morgan fingerprint density at radius 3 is 2.33 bits per heavy atom. The monoisotopic (exact) mass is 448 g/mol. The molecule has 2 aromatic rings. The van der Waals surface area contributed by atoms with Gasteiger partial charge in [-0.25, -0.2) is 8.42 Å². The van der Waals surface area contributed by atoms with Gasteiger partial charge in [0, 0.05) is 12.7 Å². The van der Waals surface area contributed by atoms with E-state index in [1.54, 1.807) is 25.1 Å². The van der Waals surface area contributed by atoms with Gasteiger partial charge in [0.2, 0.25) is 5.91 Å². The molecule has 2 aromatic carbocycles. The first-order valence-corrected chi connectivity index (χ1v) is 11.6. The molecule has 3 rings (SSSR count). The van der Waals surface area contributed by atoms with Crippen LogP contribution in [-0.4, -0.2) is 32.0 Å². The number of aryl methyl sites for hydroxylation is 2. The summed E-state index contributed by atoms with van der Waals surface area (Å²) in [6, 6.07) is 9.75. The molecule has 8 heteroatoms. The highest BCUT2D eigenvalue weighted by Crippen LogP contribution is 2.42. The van der Waals surface area contributed by atoms with Crippen molar-refractivity contribution >= 4 is 38.9 Å². The van der Waals surface area contributed by atoms with Gasteiger partial charge in [-0.05, 0) is 62.1 Å². The van der Waals surface area contributed by atoms with E-state index in [2.05, 4.69) is 10.6 Å². The van der Waals surface area contributed by atoms with Gasteiger partial charge in [-0.2, -0.15) is 0 Å². The lowest BCUT2D eigenvalue weighted by Gasteiger charge is -2.28. The van der Waals surface area contributed by atoms with Crippen molar-refractivity contribution in [1.29, 1.82) is 0 Å². The second-order valence-electron chi connectivity index (χ2n) is 7.70. The van der Waals surface area contributed by atoms with E-state index in [1.165, 1.54) is 19.2 Å². The number of sulfone groups is 1. The van der Waals surface area contributed by atoms with E-state index in [9.17, 15) is 18.0 Å². The van der Waals surface area contributed by atoms with Crippen LogP contribution in [-0.2, 0) is 14.6 Å². The highest BCUT2D eigenvalue weighted by Gasteiger charge is 2.53. The smallest absolute Gasteiger partial charge is 0.252 e. The first-order valence-electron chi connectivity index (χ1n) is 9.77. The summed E-state index contributed by atoms with van der Waals surface area (Å²) in [6.45, 7) is 3.57. The second kappa shape index (κ2) is 8.40. The largest absolute Gasteiger partial charge is 0.355 e. The van der Waals surface area contributed by atoms with Crippen LogP contribution in [0, 0.1) is 13.8 Å². The lowest BCUT2D eigenvalue weighted by Crippen LogP contribution is -2.47. The Hall–Kier alpha value is -2.38. The van der Waals surface area contributed by atoms with Gasteiger partial charge in [-0.15, -0.1) is 0 Å². The number of amides is 2. The van der Waals surface area contributed by atoms with Gasteiger partial charge in [-0.3, -0.25) is 9.59 Å². The molecule has 0 heterocycles. The minimum absolute atomic E-state index is 0.196. The van der Waals surface area contributed by atoms with Crippen LogP contribution in [0.3, 0.4) is 0 Å². The molecule has 0 atom stereocenters. The van der Waals surface area contributed by atoms with Crippen molar-refractivity contribution < 1.29 is 18.0 Å².